The first-order valence-corrected chi connectivity index (χ1v) is 5.45. The van der Waals surface area contributed by atoms with E-state index in [2.05, 4.69) is 50.5 Å². The van der Waals surface area contributed by atoms with Gasteiger partial charge >= 0.3 is 0 Å². The van der Waals surface area contributed by atoms with Crippen LogP contribution in [0.4, 0.5) is 0 Å². The van der Waals surface area contributed by atoms with Crippen molar-refractivity contribution in [2.24, 2.45) is 0 Å². The lowest BCUT2D eigenvalue weighted by atomic mass is 9.82. The molecule has 0 unspecified atom stereocenters. The van der Waals surface area contributed by atoms with Crippen LogP contribution in [0.15, 0.2) is 24.3 Å². The molecule has 0 fully saturated rings. The molecule has 1 aromatic carbocycles. The van der Waals surface area contributed by atoms with Gasteiger partial charge in [-0.3, -0.25) is 0 Å². The normalized spacial score (nSPS) is 11.7. The molecule has 2 nitrogen and oxygen atoms in total. The molecule has 0 saturated heterocycles. The lowest BCUT2D eigenvalue weighted by molar-refractivity contribution is 0.0867. The molecule has 0 aliphatic carbocycles. The van der Waals surface area contributed by atoms with Gasteiger partial charge in [-0.15, -0.1) is 0 Å². The van der Waals surface area contributed by atoms with E-state index in [-0.39, 0.29) is 5.41 Å². The first-order valence-electron chi connectivity index (χ1n) is 5.45. The lowest BCUT2D eigenvalue weighted by Gasteiger charge is -2.23. The van der Waals surface area contributed by atoms with Crippen LogP contribution < -0.4 is 5.48 Å². The second-order valence-electron chi connectivity index (χ2n) is 4.46. The summed E-state index contributed by atoms with van der Waals surface area (Å²) in [5.41, 5.74) is 5.75. The molecule has 2 heteroatoms. The van der Waals surface area contributed by atoms with Gasteiger partial charge in [-0.25, -0.2) is 0 Å². The molecule has 1 N–H and O–H groups in total. The second kappa shape index (κ2) is 5.29. The number of rotatable bonds is 5. The van der Waals surface area contributed by atoms with Crippen LogP contribution in [0.2, 0.25) is 0 Å². The van der Waals surface area contributed by atoms with Gasteiger partial charge in [-0.1, -0.05) is 45.0 Å². The average Bonchev–Trinajstić information content (AvgIpc) is 2.27. The summed E-state index contributed by atoms with van der Waals surface area (Å²) in [6.07, 6.45) is 1.16. The van der Waals surface area contributed by atoms with Crippen molar-refractivity contribution in [1.29, 1.82) is 0 Å². The molecule has 0 spiro atoms. The molecule has 0 bridgehead atoms. The second-order valence-corrected chi connectivity index (χ2v) is 4.46. The fourth-order valence-corrected chi connectivity index (χ4v) is 1.43. The molecule has 0 radical (unpaired) electrons. The van der Waals surface area contributed by atoms with Crippen molar-refractivity contribution in [1.82, 2.24) is 5.48 Å². The van der Waals surface area contributed by atoms with Crippen LogP contribution in [0.1, 0.15) is 38.3 Å². The Balaban J connectivity index is 2.72. The van der Waals surface area contributed by atoms with Crippen molar-refractivity contribution in [3.8, 4) is 0 Å². The van der Waals surface area contributed by atoms with E-state index in [0.717, 1.165) is 13.0 Å². The number of hydrogen-bond acceptors (Lipinski definition) is 2. The highest BCUT2D eigenvalue weighted by atomic mass is 16.6. The fraction of sp³-hybridized carbons (Fsp3) is 0.538. The number of hydrogen-bond donors (Lipinski definition) is 1. The summed E-state index contributed by atoms with van der Waals surface area (Å²) >= 11 is 0. The van der Waals surface area contributed by atoms with Crippen LogP contribution in [-0.2, 0) is 16.8 Å². The molecule has 0 heterocycles. The predicted octanol–water partition coefficient (Wildman–Crippen LogP) is 3.03. The van der Waals surface area contributed by atoms with Crippen LogP contribution in [0, 0.1) is 0 Å². The number of nitrogens with one attached hydrogen (secondary N) is 1. The van der Waals surface area contributed by atoms with Gasteiger partial charge in [0.05, 0.1) is 7.11 Å². The van der Waals surface area contributed by atoms with Crippen molar-refractivity contribution in [2.45, 2.75) is 39.2 Å². The van der Waals surface area contributed by atoms with Crippen LogP contribution in [0.3, 0.4) is 0 Å². The van der Waals surface area contributed by atoms with Crippen molar-refractivity contribution in [3.05, 3.63) is 35.4 Å². The summed E-state index contributed by atoms with van der Waals surface area (Å²) in [6.45, 7) is 7.52. The Hall–Kier alpha value is -0.860. The monoisotopic (exact) mass is 207 g/mol. The molecule has 0 aliphatic heterocycles. The van der Waals surface area contributed by atoms with Gasteiger partial charge in [0.2, 0.25) is 0 Å². The van der Waals surface area contributed by atoms with Gasteiger partial charge in [0, 0.05) is 6.54 Å². The third-order valence-electron chi connectivity index (χ3n) is 3.04. The summed E-state index contributed by atoms with van der Waals surface area (Å²) in [6, 6.07) is 8.71. The summed E-state index contributed by atoms with van der Waals surface area (Å²) in [5.74, 6) is 0. The Morgan fingerprint density at radius 3 is 2.27 bits per heavy atom. The van der Waals surface area contributed by atoms with Crippen LogP contribution >= 0.6 is 0 Å². The lowest BCUT2D eigenvalue weighted by Crippen LogP contribution is -2.16. The average molecular weight is 207 g/mol. The highest BCUT2D eigenvalue weighted by Gasteiger charge is 2.17. The summed E-state index contributed by atoms with van der Waals surface area (Å²) in [4.78, 5) is 4.81. The van der Waals surface area contributed by atoms with E-state index in [1.165, 1.54) is 11.1 Å². The Labute approximate surface area is 92.6 Å². The Morgan fingerprint density at radius 1 is 1.20 bits per heavy atom. The summed E-state index contributed by atoms with van der Waals surface area (Å²) in [7, 11) is 1.63. The van der Waals surface area contributed by atoms with Crippen LogP contribution in [0.5, 0.6) is 0 Å². The smallest absolute Gasteiger partial charge is 0.0572 e. The molecule has 0 aromatic heterocycles. The molecule has 1 rings (SSSR count). The highest BCUT2D eigenvalue weighted by molar-refractivity contribution is 5.27. The molecule has 0 aliphatic rings. The highest BCUT2D eigenvalue weighted by Crippen LogP contribution is 2.26. The zero-order valence-corrected chi connectivity index (χ0v) is 10.1. The Bertz CT molecular complexity index is 290. The quantitative estimate of drug-likeness (QED) is 0.749. The number of benzene rings is 1. The van der Waals surface area contributed by atoms with Gasteiger partial charge in [-0.05, 0) is 23.0 Å². The molecule has 84 valence electrons. The van der Waals surface area contributed by atoms with E-state index in [0.29, 0.717) is 0 Å². The summed E-state index contributed by atoms with van der Waals surface area (Å²) < 4.78 is 0. The van der Waals surface area contributed by atoms with Crippen molar-refractivity contribution >= 4 is 0 Å². The fourth-order valence-electron chi connectivity index (χ4n) is 1.43. The minimum atomic E-state index is 0.271. The zero-order chi connectivity index (χ0) is 11.3. The first kappa shape index (κ1) is 12.2. The molecule has 0 atom stereocenters. The first-order chi connectivity index (χ1) is 7.10. The molecular weight excluding hydrogens is 186 g/mol. The maximum atomic E-state index is 4.81. The van der Waals surface area contributed by atoms with Gasteiger partial charge in [0.1, 0.15) is 0 Å². The molecule has 0 saturated carbocycles. The van der Waals surface area contributed by atoms with E-state index >= 15 is 0 Å². The third-order valence-corrected chi connectivity index (χ3v) is 3.04. The molecule has 1 aromatic rings. The predicted molar refractivity (Wildman–Crippen MR) is 63.6 cm³/mol. The number of hydroxylamine groups is 1. The molecule has 15 heavy (non-hydrogen) atoms. The topological polar surface area (TPSA) is 21.3 Å². The van der Waals surface area contributed by atoms with Crippen molar-refractivity contribution in [3.63, 3.8) is 0 Å². The Kier molecular flexibility index (Phi) is 4.30. The minimum Gasteiger partial charge on any atom is -0.305 e. The van der Waals surface area contributed by atoms with Gasteiger partial charge in [-0.2, -0.15) is 5.48 Å². The van der Waals surface area contributed by atoms with E-state index in [1.54, 1.807) is 7.11 Å². The largest absolute Gasteiger partial charge is 0.305 e. The molecule has 0 amide bonds. The van der Waals surface area contributed by atoms with E-state index in [9.17, 15) is 0 Å². The van der Waals surface area contributed by atoms with Crippen LogP contribution in [0.25, 0.3) is 0 Å². The van der Waals surface area contributed by atoms with Gasteiger partial charge in [0.15, 0.2) is 0 Å². The maximum absolute atomic E-state index is 4.81. The van der Waals surface area contributed by atoms with Crippen molar-refractivity contribution in [2.75, 3.05) is 7.11 Å². The standard InChI is InChI=1S/C13H21NO/c1-5-13(2,3)12-8-6-11(7-9-12)10-14-15-4/h6-9,14H,5,10H2,1-4H3. The third kappa shape index (κ3) is 3.33. The molecular formula is C13H21NO. The maximum Gasteiger partial charge on any atom is 0.0572 e. The van der Waals surface area contributed by atoms with Crippen LogP contribution in [-0.4, -0.2) is 7.11 Å². The van der Waals surface area contributed by atoms with E-state index < -0.39 is 0 Å². The van der Waals surface area contributed by atoms with E-state index in [1.807, 2.05) is 0 Å². The van der Waals surface area contributed by atoms with E-state index in [4.69, 9.17) is 4.84 Å². The summed E-state index contributed by atoms with van der Waals surface area (Å²) in [5, 5.41) is 0. The zero-order valence-electron chi connectivity index (χ0n) is 10.1. The Morgan fingerprint density at radius 2 is 1.80 bits per heavy atom. The van der Waals surface area contributed by atoms with Gasteiger partial charge in [0.25, 0.3) is 0 Å². The minimum absolute atomic E-state index is 0.271. The SMILES string of the molecule is CCC(C)(C)c1ccc(CNOC)cc1. The van der Waals surface area contributed by atoms with Gasteiger partial charge < -0.3 is 4.84 Å². The van der Waals surface area contributed by atoms with Crippen molar-refractivity contribution < 1.29 is 4.84 Å².